The lowest BCUT2D eigenvalue weighted by molar-refractivity contribution is 0.414. The Bertz CT molecular complexity index is 601. The Balaban J connectivity index is 2.43. The van der Waals surface area contributed by atoms with Crippen molar-refractivity contribution in [3.63, 3.8) is 0 Å². The van der Waals surface area contributed by atoms with E-state index in [0.29, 0.717) is 0 Å². The molecule has 1 unspecified atom stereocenters. The third-order valence-electron chi connectivity index (χ3n) is 2.71. The van der Waals surface area contributed by atoms with Crippen molar-refractivity contribution in [1.29, 1.82) is 0 Å². The Kier molecular flexibility index (Phi) is 5.03. The van der Waals surface area contributed by atoms with Gasteiger partial charge in [0, 0.05) is 8.95 Å². The summed E-state index contributed by atoms with van der Waals surface area (Å²) < 4.78 is 20.3. The predicted molar refractivity (Wildman–Crippen MR) is 85.6 cm³/mol. The lowest BCUT2D eigenvalue weighted by Crippen LogP contribution is -1.97. The zero-order chi connectivity index (χ0) is 14.0. The standard InChI is InChI=1S/C14H10Br3FO/c1-19-9-3-4-10(13(16)7-9)14(17)11-6-8(18)2-5-12(11)15/h2-7,14H,1H3. The molecule has 0 saturated carbocycles. The molecule has 0 fully saturated rings. The molecule has 5 heteroatoms. The topological polar surface area (TPSA) is 9.23 Å². The molecule has 0 aromatic heterocycles. The third kappa shape index (κ3) is 3.38. The van der Waals surface area contributed by atoms with E-state index in [0.717, 1.165) is 25.8 Å². The van der Waals surface area contributed by atoms with Crippen LogP contribution in [0.3, 0.4) is 0 Å². The minimum atomic E-state index is -0.257. The number of rotatable bonds is 3. The fourth-order valence-electron chi connectivity index (χ4n) is 1.72. The minimum Gasteiger partial charge on any atom is -0.497 e. The van der Waals surface area contributed by atoms with E-state index in [-0.39, 0.29) is 10.6 Å². The molecule has 19 heavy (non-hydrogen) atoms. The highest BCUT2D eigenvalue weighted by Crippen LogP contribution is 2.39. The van der Waals surface area contributed by atoms with Gasteiger partial charge in [0.25, 0.3) is 0 Å². The first-order valence-electron chi connectivity index (χ1n) is 5.45. The summed E-state index contributed by atoms with van der Waals surface area (Å²) in [5.74, 6) is 0.515. The van der Waals surface area contributed by atoms with E-state index < -0.39 is 0 Å². The van der Waals surface area contributed by atoms with E-state index in [4.69, 9.17) is 4.74 Å². The summed E-state index contributed by atoms with van der Waals surface area (Å²) >= 11 is 10.6. The maximum absolute atomic E-state index is 13.4. The van der Waals surface area contributed by atoms with Crippen molar-refractivity contribution in [3.8, 4) is 5.75 Å². The van der Waals surface area contributed by atoms with E-state index in [1.165, 1.54) is 12.1 Å². The highest BCUT2D eigenvalue weighted by atomic mass is 79.9. The molecule has 0 spiro atoms. The van der Waals surface area contributed by atoms with E-state index in [1.807, 2.05) is 18.2 Å². The number of alkyl halides is 1. The van der Waals surface area contributed by atoms with Crippen LogP contribution in [0.25, 0.3) is 0 Å². The summed E-state index contributed by atoms with van der Waals surface area (Å²) in [6, 6.07) is 10.4. The van der Waals surface area contributed by atoms with Gasteiger partial charge in [0.05, 0.1) is 11.9 Å². The maximum Gasteiger partial charge on any atom is 0.123 e. The van der Waals surface area contributed by atoms with Crippen molar-refractivity contribution in [2.75, 3.05) is 7.11 Å². The molecule has 0 bridgehead atoms. The lowest BCUT2D eigenvalue weighted by Gasteiger charge is -2.15. The monoisotopic (exact) mass is 450 g/mol. The van der Waals surface area contributed by atoms with Crippen LogP contribution in [-0.2, 0) is 0 Å². The van der Waals surface area contributed by atoms with Crippen LogP contribution in [0.1, 0.15) is 16.0 Å². The zero-order valence-electron chi connectivity index (χ0n) is 9.96. The first kappa shape index (κ1) is 15.0. The molecule has 2 rings (SSSR count). The van der Waals surface area contributed by atoms with Crippen LogP contribution >= 0.6 is 47.8 Å². The molecule has 0 heterocycles. The quantitative estimate of drug-likeness (QED) is 0.531. The SMILES string of the molecule is COc1ccc(C(Br)c2cc(F)ccc2Br)c(Br)c1. The van der Waals surface area contributed by atoms with Crippen LogP contribution in [0.2, 0.25) is 0 Å². The molecule has 0 aliphatic heterocycles. The summed E-state index contributed by atoms with van der Waals surface area (Å²) in [4.78, 5) is -0.113. The van der Waals surface area contributed by atoms with Gasteiger partial charge in [-0.1, -0.05) is 53.9 Å². The average molecular weight is 453 g/mol. The van der Waals surface area contributed by atoms with Gasteiger partial charge < -0.3 is 4.74 Å². The number of halogens is 4. The fourth-order valence-corrected chi connectivity index (χ4v) is 4.17. The highest BCUT2D eigenvalue weighted by Gasteiger charge is 2.17. The molecule has 0 aliphatic rings. The van der Waals surface area contributed by atoms with Gasteiger partial charge in [0.15, 0.2) is 0 Å². The molecular weight excluding hydrogens is 443 g/mol. The predicted octanol–water partition coefficient (Wildman–Crippen LogP) is 5.84. The molecule has 0 aliphatic carbocycles. The second kappa shape index (κ2) is 6.37. The zero-order valence-corrected chi connectivity index (χ0v) is 14.7. The highest BCUT2D eigenvalue weighted by molar-refractivity contribution is 9.11. The smallest absolute Gasteiger partial charge is 0.123 e. The van der Waals surface area contributed by atoms with Crippen LogP contribution in [0, 0.1) is 5.82 Å². The first-order chi connectivity index (χ1) is 9.02. The Morgan fingerprint density at radius 1 is 1.00 bits per heavy atom. The van der Waals surface area contributed by atoms with Crippen LogP contribution in [0.5, 0.6) is 5.75 Å². The lowest BCUT2D eigenvalue weighted by atomic mass is 10.0. The van der Waals surface area contributed by atoms with Crippen molar-refractivity contribution >= 4 is 47.8 Å². The van der Waals surface area contributed by atoms with Gasteiger partial charge in [-0.15, -0.1) is 0 Å². The number of methoxy groups -OCH3 is 1. The van der Waals surface area contributed by atoms with Crippen LogP contribution in [0.15, 0.2) is 45.3 Å². The third-order valence-corrected chi connectivity index (χ3v) is 5.11. The number of ether oxygens (including phenoxy) is 1. The summed E-state index contributed by atoms with van der Waals surface area (Å²) in [7, 11) is 1.62. The van der Waals surface area contributed by atoms with Crippen molar-refractivity contribution in [2.45, 2.75) is 4.83 Å². The molecule has 0 amide bonds. The second-order valence-corrected chi connectivity index (χ2v) is 6.54. The van der Waals surface area contributed by atoms with Crippen molar-refractivity contribution < 1.29 is 9.13 Å². The molecule has 0 saturated heterocycles. The van der Waals surface area contributed by atoms with Gasteiger partial charge in [0.2, 0.25) is 0 Å². The maximum atomic E-state index is 13.4. The van der Waals surface area contributed by atoms with E-state index in [9.17, 15) is 4.39 Å². The van der Waals surface area contributed by atoms with Gasteiger partial charge in [-0.2, -0.15) is 0 Å². The summed E-state index contributed by atoms with van der Waals surface area (Å²) in [6.07, 6.45) is 0. The van der Waals surface area contributed by atoms with E-state index in [2.05, 4.69) is 47.8 Å². The largest absolute Gasteiger partial charge is 0.497 e. The molecule has 2 aromatic carbocycles. The average Bonchev–Trinajstić information content (AvgIpc) is 2.40. The molecule has 2 aromatic rings. The Morgan fingerprint density at radius 2 is 1.74 bits per heavy atom. The molecule has 1 atom stereocenters. The molecule has 100 valence electrons. The Hall–Kier alpha value is -0.390. The first-order valence-corrected chi connectivity index (χ1v) is 7.95. The normalized spacial score (nSPS) is 12.3. The fraction of sp³-hybridized carbons (Fsp3) is 0.143. The van der Waals surface area contributed by atoms with Crippen molar-refractivity contribution in [1.82, 2.24) is 0 Å². The van der Waals surface area contributed by atoms with Gasteiger partial charge in [-0.25, -0.2) is 4.39 Å². The Labute approximate surface area is 136 Å². The van der Waals surface area contributed by atoms with Gasteiger partial charge in [-0.3, -0.25) is 0 Å². The van der Waals surface area contributed by atoms with Gasteiger partial charge in [0.1, 0.15) is 11.6 Å². The minimum absolute atomic E-state index is 0.113. The van der Waals surface area contributed by atoms with Crippen LogP contribution < -0.4 is 4.74 Å². The van der Waals surface area contributed by atoms with Crippen molar-refractivity contribution in [2.24, 2.45) is 0 Å². The van der Waals surface area contributed by atoms with Gasteiger partial charge >= 0.3 is 0 Å². The van der Waals surface area contributed by atoms with Crippen LogP contribution in [-0.4, -0.2) is 7.11 Å². The number of hydrogen-bond acceptors (Lipinski definition) is 1. The molecular formula is C14H10Br3FO. The van der Waals surface area contributed by atoms with Crippen molar-refractivity contribution in [3.05, 3.63) is 62.3 Å². The van der Waals surface area contributed by atoms with E-state index in [1.54, 1.807) is 13.2 Å². The summed E-state index contributed by atoms with van der Waals surface area (Å²) in [6.45, 7) is 0. The molecule has 0 radical (unpaired) electrons. The van der Waals surface area contributed by atoms with Crippen LogP contribution in [0.4, 0.5) is 4.39 Å². The Morgan fingerprint density at radius 3 is 2.37 bits per heavy atom. The second-order valence-electron chi connectivity index (χ2n) is 3.92. The number of hydrogen-bond donors (Lipinski definition) is 0. The molecule has 0 N–H and O–H groups in total. The van der Waals surface area contributed by atoms with Gasteiger partial charge in [-0.05, 0) is 41.5 Å². The summed E-state index contributed by atoms with van der Waals surface area (Å²) in [5.41, 5.74) is 1.85. The molecule has 1 nitrogen and oxygen atoms in total. The van der Waals surface area contributed by atoms with E-state index >= 15 is 0 Å². The number of benzene rings is 2. The summed E-state index contributed by atoms with van der Waals surface area (Å²) in [5, 5.41) is 0.